The van der Waals surface area contributed by atoms with E-state index in [1.807, 2.05) is 13.8 Å². The third-order valence-corrected chi connectivity index (χ3v) is 3.45. The molecule has 1 heterocycles. The second-order valence-corrected chi connectivity index (χ2v) is 5.31. The SMILES string of the molecule is Cc1cc(Cl)c(C(=O)NCc2cn(CC(=O)O)nn2)cc1C. The molecule has 0 saturated carbocycles. The number of aliphatic carboxylic acids is 1. The zero-order valence-electron chi connectivity index (χ0n) is 12.1. The van der Waals surface area contributed by atoms with Crippen LogP contribution in [0, 0.1) is 13.8 Å². The van der Waals surface area contributed by atoms with E-state index >= 15 is 0 Å². The molecule has 0 unspecified atom stereocenters. The van der Waals surface area contributed by atoms with Crippen LogP contribution in [0.4, 0.5) is 0 Å². The molecule has 2 rings (SSSR count). The third kappa shape index (κ3) is 3.82. The van der Waals surface area contributed by atoms with Crippen LogP contribution in [0.25, 0.3) is 0 Å². The number of halogens is 1. The first kappa shape index (κ1) is 16.0. The molecule has 0 aliphatic heterocycles. The number of carbonyl (C=O) groups is 2. The Kier molecular flexibility index (Phi) is 4.77. The van der Waals surface area contributed by atoms with E-state index < -0.39 is 5.97 Å². The van der Waals surface area contributed by atoms with Gasteiger partial charge in [-0.25, -0.2) is 4.68 Å². The van der Waals surface area contributed by atoms with Crippen molar-refractivity contribution >= 4 is 23.5 Å². The van der Waals surface area contributed by atoms with E-state index in [2.05, 4.69) is 15.6 Å². The molecule has 0 fully saturated rings. The van der Waals surface area contributed by atoms with Gasteiger partial charge in [0.15, 0.2) is 0 Å². The molecular formula is C14H15ClN4O3. The Morgan fingerprint density at radius 3 is 2.68 bits per heavy atom. The van der Waals surface area contributed by atoms with E-state index in [1.54, 1.807) is 12.1 Å². The van der Waals surface area contributed by atoms with Crippen LogP contribution in [0.15, 0.2) is 18.3 Å². The number of carbonyl (C=O) groups excluding carboxylic acids is 1. The molecule has 0 radical (unpaired) electrons. The molecule has 0 spiro atoms. The summed E-state index contributed by atoms with van der Waals surface area (Å²) in [5.74, 6) is -1.33. The summed E-state index contributed by atoms with van der Waals surface area (Å²) in [6.07, 6.45) is 1.47. The Bertz CT molecular complexity index is 727. The van der Waals surface area contributed by atoms with E-state index in [0.717, 1.165) is 11.1 Å². The van der Waals surface area contributed by atoms with Gasteiger partial charge < -0.3 is 10.4 Å². The number of carboxylic acids is 1. The van der Waals surface area contributed by atoms with Crippen molar-refractivity contribution in [2.24, 2.45) is 0 Å². The molecule has 1 amide bonds. The summed E-state index contributed by atoms with van der Waals surface area (Å²) >= 11 is 6.08. The molecule has 22 heavy (non-hydrogen) atoms. The lowest BCUT2D eigenvalue weighted by Gasteiger charge is -2.08. The lowest BCUT2D eigenvalue weighted by Crippen LogP contribution is -2.23. The minimum atomic E-state index is -1.01. The third-order valence-electron chi connectivity index (χ3n) is 3.14. The maximum atomic E-state index is 12.1. The number of benzene rings is 1. The van der Waals surface area contributed by atoms with Crippen LogP contribution >= 0.6 is 11.6 Å². The molecule has 0 aliphatic carbocycles. The number of nitrogens with one attached hydrogen (secondary N) is 1. The summed E-state index contributed by atoms with van der Waals surface area (Å²) in [7, 11) is 0. The number of amides is 1. The van der Waals surface area contributed by atoms with Gasteiger partial charge in [-0.3, -0.25) is 9.59 Å². The highest BCUT2D eigenvalue weighted by Gasteiger charge is 2.13. The minimum absolute atomic E-state index is 0.141. The largest absolute Gasteiger partial charge is 0.480 e. The standard InChI is InChI=1S/C14H15ClN4O3/c1-8-3-11(12(15)4-9(8)2)14(22)16-5-10-6-19(18-17-10)7-13(20)21/h3-4,6H,5,7H2,1-2H3,(H,16,22)(H,20,21). The monoisotopic (exact) mass is 322 g/mol. The van der Waals surface area contributed by atoms with Crippen molar-refractivity contribution in [1.82, 2.24) is 20.3 Å². The van der Waals surface area contributed by atoms with Crippen molar-refractivity contribution < 1.29 is 14.7 Å². The topological polar surface area (TPSA) is 97.1 Å². The van der Waals surface area contributed by atoms with Crippen LogP contribution in [0.2, 0.25) is 5.02 Å². The van der Waals surface area contributed by atoms with Crippen molar-refractivity contribution in [3.05, 3.63) is 45.7 Å². The number of rotatable bonds is 5. The van der Waals surface area contributed by atoms with Crippen LogP contribution in [0.3, 0.4) is 0 Å². The van der Waals surface area contributed by atoms with Crippen LogP contribution in [0.1, 0.15) is 27.2 Å². The maximum Gasteiger partial charge on any atom is 0.325 e. The summed E-state index contributed by atoms with van der Waals surface area (Å²) < 4.78 is 1.19. The Morgan fingerprint density at radius 2 is 2.00 bits per heavy atom. The van der Waals surface area contributed by atoms with E-state index in [0.29, 0.717) is 16.3 Å². The predicted molar refractivity (Wildman–Crippen MR) is 79.8 cm³/mol. The van der Waals surface area contributed by atoms with E-state index in [1.165, 1.54) is 10.9 Å². The average molecular weight is 323 g/mol. The molecule has 0 bridgehead atoms. The molecule has 0 saturated heterocycles. The quantitative estimate of drug-likeness (QED) is 0.870. The van der Waals surface area contributed by atoms with Crippen molar-refractivity contribution in [2.75, 3.05) is 0 Å². The number of nitrogens with zero attached hydrogens (tertiary/aromatic N) is 3. The molecule has 0 atom stereocenters. The highest BCUT2D eigenvalue weighted by molar-refractivity contribution is 6.33. The number of carboxylic acid groups (broad SMARTS) is 1. The molecular weight excluding hydrogens is 308 g/mol. The van der Waals surface area contributed by atoms with Crippen molar-refractivity contribution in [3.63, 3.8) is 0 Å². The molecule has 2 aromatic rings. The van der Waals surface area contributed by atoms with Crippen molar-refractivity contribution in [1.29, 1.82) is 0 Å². The zero-order chi connectivity index (χ0) is 16.3. The molecule has 7 nitrogen and oxygen atoms in total. The van der Waals surface area contributed by atoms with Crippen LogP contribution in [-0.4, -0.2) is 32.0 Å². The average Bonchev–Trinajstić information content (AvgIpc) is 2.87. The number of aryl methyl sites for hydroxylation is 2. The Labute approximate surface area is 131 Å². The molecule has 1 aromatic carbocycles. The molecule has 1 aromatic heterocycles. The summed E-state index contributed by atoms with van der Waals surface area (Å²) in [6.45, 7) is 3.69. The van der Waals surface area contributed by atoms with Crippen LogP contribution < -0.4 is 5.32 Å². The van der Waals surface area contributed by atoms with E-state index in [4.69, 9.17) is 16.7 Å². The Morgan fingerprint density at radius 1 is 1.32 bits per heavy atom. The highest BCUT2D eigenvalue weighted by atomic mass is 35.5. The van der Waals surface area contributed by atoms with Gasteiger partial charge in [-0.15, -0.1) is 5.10 Å². The van der Waals surface area contributed by atoms with Gasteiger partial charge in [0.1, 0.15) is 12.2 Å². The summed E-state index contributed by atoms with van der Waals surface area (Å²) in [5, 5.41) is 19.2. The van der Waals surface area contributed by atoms with E-state index in [-0.39, 0.29) is 19.0 Å². The fourth-order valence-corrected chi connectivity index (χ4v) is 2.16. The van der Waals surface area contributed by atoms with Gasteiger partial charge >= 0.3 is 5.97 Å². The van der Waals surface area contributed by atoms with E-state index in [9.17, 15) is 9.59 Å². The van der Waals surface area contributed by atoms with Gasteiger partial charge in [0.2, 0.25) is 0 Å². The second-order valence-electron chi connectivity index (χ2n) is 4.90. The minimum Gasteiger partial charge on any atom is -0.480 e. The first-order chi connectivity index (χ1) is 10.4. The number of hydrogen-bond donors (Lipinski definition) is 2. The second kappa shape index (κ2) is 6.57. The molecule has 8 heteroatoms. The van der Waals surface area contributed by atoms with Gasteiger partial charge in [-0.1, -0.05) is 16.8 Å². The van der Waals surface area contributed by atoms with Crippen LogP contribution in [0.5, 0.6) is 0 Å². The Hall–Kier alpha value is -2.41. The highest BCUT2D eigenvalue weighted by Crippen LogP contribution is 2.20. The molecule has 2 N–H and O–H groups in total. The van der Waals surface area contributed by atoms with Gasteiger partial charge in [0, 0.05) is 0 Å². The first-order valence-corrected chi connectivity index (χ1v) is 6.90. The van der Waals surface area contributed by atoms with Gasteiger partial charge in [-0.05, 0) is 37.1 Å². The fourth-order valence-electron chi connectivity index (χ4n) is 1.86. The summed E-state index contributed by atoms with van der Waals surface area (Å²) in [4.78, 5) is 22.7. The zero-order valence-corrected chi connectivity index (χ0v) is 12.9. The normalized spacial score (nSPS) is 10.5. The van der Waals surface area contributed by atoms with Gasteiger partial charge in [0.05, 0.1) is 23.3 Å². The summed E-state index contributed by atoms with van der Waals surface area (Å²) in [6, 6.07) is 3.48. The fraction of sp³-hybridized carbons (Fsp3) is 0.286. The maximum absolute atomic E-state index is 12.1. The van der Waals surface area contributed by atoms with Crippen LogP contribution in [-0.2, 0) is 17.9 Å². The first-order valence-electron chi connectivity index (χ1n) is 6.52. The summed E-state index contributed by atoms with van der Waals surface area (Å²) in [5.41, 5.74) is 2.84. The van der Waals surface area contributed by atoms with Crippen molar-refractivity contribution in [3.8, 4) is 0 Å². The lowest BCUT2D eigenvalue weighted by atomic mass is 10.1. The smallest absolute Gasteiger partial charge is 0.325 e. The number of aromatic nitrogens is 3. The Balaban J connectivity index is 2.02. The number of hydrogen-bond acceptors (Lipinski definition) is 4. The lowest BCUT2D eigenvalue weighted by molar-refractivity contribution is -0.137. The molecule has 0 aliphatic rings. The van der Waals surface area contributed by atoms with Gasteiger partial charge in [0.25, 0.3) is 5.91 Å². The van der Waals surface area contributed by atoms with Crippen molar-refractivity contribution in [2.45, 2.75) is 26.9 Å². The predicted octanol–water partition coefficient (Wildman–Crippen LogP) is 1.56. The molecule has 116 valence electrons. The van der Waals surface area contributed by atoms with Gasteiger partial charge in [-0.2, -0.15) is 0 Å².